The molecule has 8 heteroatoms. The highest BCUT2D eigenvalue weighted by molar-refractivity contribution is 6.22. The van der Waals surface area contributed by atoms with Crippen molar-refractivity contribution in [1.82, 2.24) is 9.80 Å². The topological polar surface area (TPSA) is 93.2 Å². The Labute approximate surface area is 210 Å². The van der Waals surface area contributed by atoms with Crippen molar-refractivity contribution in [3.05, 3.63) is 59.2 Å². The van der Waals surface area contributed by atoms with Crippen molar-refractivity contribution in [2.24, 2.45) is 5.92 Å². The van der Waals surface area contributed by atoms with E-state index in [1.54, 1.807) is 54.5 Å². The molecule has 3 aliphatic rings. The van der Waals surface area contributed by atoms with E-state index in [4.69, 9.17) is 9.47 Å². The van der Waals surface area contributed by atoms with E-state index in [0.29, 0.717) is 60.5 Å². The molecule has 1 saturated heterocycles. The van der Waals surface area contributed by atoms with Crippen LogP contribution in [0.3, 0.4) is 0 Å². The van der Waals surface area contributed by atoms with E-state index in [1.165, 1.54) is 0 Å². The van der Waals surface area contributed by atoms with Crippen LogP contribution in [0.2, 0.25) is 0 Å². The monoisotopic (exact) mass is 490 g/mol. The van der Waals surface area contributed by atoms with Gasteiger partial charge in [-0.05, 0) is 36.2 Å². The van der Waals surface area contributed by atoms with Crippen molar-refractivity contribution in [2.45, 2.75) is 51.2 Å². The second-order valence-electron chi connectivity index (χ2n) is 9.93. The number of fused-ring (bicyclic) bond motifs is 2. The van der Waals surface area contributed by atoms with Gasteiger partial charge in [0.25, 0.3) is 11.8 Å². The first-order valence-corrected chi connectivity index (χ1v) is 12.4. The highest BCUT2D eigenvalue weighted by atomic mass is 16.5. The van der Waals surface area contributed by atoms with Gasteiger partial charge in [-0.15, -0.1) is 0 Å². The number of hydrogen-bond donors (Lipinski definition) is 0. The average molecular weight is 491 g/mol. The van der Waals surface area contributed by atoms with Crippen molar-refractivity contribution < 1.29 is 28.7 Å². The highest BCUT2D eigenvalue weighted by Crippen LogP contribution is 2.41. The van der Waals surface area contributed by atoms with Crippen LogP contribution in [0.15, 0.2) is 42.5 Å². The number of amides is 3. The zero-order valence-corrected chi connectivity index (χ0v) is 20.8. The van der Waals surface area contributed by atoms with E-state index in [2.05, 4.69) is 0 Å². The van der Waals surface area contributed by atoms with Gasteiger partial charge in [-0.25, -0.2) is 0 Å². The van der Waals surface area contributed by atoms with Crippen LogP contribution in [-0.4, -0.2) is 65.1 Å². The summed E-state index contributed by atoms with van der Waals surface area (Å²) in [6, 6.07) is 11.0. The predicted molar refractivity (Wildman–Crippen MR) is 131 cm³/mol. The SMILES string of the molecule is CCC(C)C(C(=O)N1CCC2(CC1)CC(=O)c1cc(OC)ccc1O2)N1C(=O)c2ccccc2C1=O. The van der Waals surface area contributed by atoms with E-state index in [0.717, 1.165) is 4.90 Å². The van der Waals surface area contributed by atoms with Crippen LogP contribution in [0.1, 0.15) is 70.6 Å². The van der Waals surface area contributed by atoms with E-state index in [9.17, 15) is 19.2 Å². The van der Waals surface area contributed by atoms with Crippen molar-refractivity contribution in [3.8, 4) is 11.5 Å². The Morgan fingerprint density at radius 2 is 1.67 bits per heavy atom. The van der Waals surface area contributed by atoms with Crippen molar-refractivity contribution in [2.75, 3.05) is 20.2 Å². The van der Waals surface area contributed by atoms with Crippen LogP contribution in [0.5, 0.6) is 11.5 Å². The van der Waals surface area contributed by atoms with E-state index < -0.39 is 23.5 Å². The summed E-state index contributed by atoms with van der Waals surface area (Å²) in [5, 5.41) is 0. The molecule has 0 N–H and O–H groups in total. The number of ketones is 1. The molecule has 1 fully saturated rings. The van der Waals surface area contributed by atoms with Gasteiger partial charge >= 0.3 is 0 Å². The van der Waals surface area contributed by atoms with Crippen LogP contribution in [0.25, 0.3) is 0 Å². The summed E-state index contributed by atoms with van der Waals surface area (Å²) in [4.78, 5) is 55.9. The van der Waals surface area contributed by atoms with Gasteiger partial charge in [0.05, 0.1) is 30.2 Å². The number of likely N-dealkylation sites (tertiary alicyclic amines) is 1. The maximum absolute atomic E-state index is 13.8. The predicted octanol–water partition coefficient (Wildman–Crippen LogP) is 3.73. The third-order valence-corrected chi connectivity index (χ3v) is 7.82. The zero-order valence-electron chi connectivity index (χ0n) is 20.8. The highest BCUT2D eigenvalue weighted by Gasteiger charge is 2.48. The van der Waals surface area contributed by atoms with Crippen LogP contribution >= 0.6 is 0 Å². The van der Waals surface area contributed by atoms with E-state index in [-0.39, 0.29) is 24.0 Å². The molecule has 0 aromatic heterocycles. The van der Waals surface area contributed by atoms with Crippen LogP contribution in [0, 0.1) is 5.92 Å². The fourth-order valence-corrected chi connectivity index (χ4v) is 5.49. The first-order valence-electron chi connectivity index (χ1n) is 12.4. The maximum atomic E-state index is 13.8. The Balaban J connectivity index is 1.34. The summed E-state index contributed by atoms with van der Waals surface area (Å²) in [7, 11) is 1.55. The van der Waals surface area contributed by atoms with Crippen molar-refractivity contribution >= 4 is 23.5 Å². The number of Topliss-reactive ketones (excluding diaryl/α,β-unsaturated/α-hetero) is 1. The fraction of sp³-hybridized carbons (Fsp3) is 0.429. The Morgan fingerprint density at radius 1 is 1.03 bits per heavy atom. The molecule has 5 rings (SSSR count). The molecular weight excluding hydrogens is 460 g/mol. The average Bonchev–Trinajstić information content (AvgIpc) is 3.14. The Kier molecular flexibility index (Phi) is 6.06. The number of nitrogens with zero attached hydrogens (tertiary/aromatic N) is 2. The number of hydrogen-bond acceptors (Lipinski definition) is 6. The minimum Gasteiger partial charge on any atom is -0.497 e. The van der Waals surface area contributed by atoms with Crippen LogP contribution in [-0.2, 0) is 4.79 Å². The quantitative estimate of drug-likeness (QED) is 0.593. The smallest absolute Gasteiger partial charge is 0.262 e. The lowest BCUT2D eigenvalue weighted by atomic mass is 9.82. The van der Waals surface area contributed by atoms with Gasteiger partial charge in [0.15, 0.2) is 5.78 Å². The molecule has 2 unspecified atom stereocenters. The second kappa shape index (κ2) is 9.08. The molecule has 3 aliphatic heterocycles. The van der Waals surface area contributed by atoms with Gasteiger partial charge in [-0.1, -0.05) is 32.4 Å². The molecular formula is C28H30N2O6. The number of methoxy groups -OCH3 is 1. The fourth-order valence-electron chi connectivity index (χ4n) is 5.49. The molecule has 2 aromatic carbocycles. The molecule has 3 heterocycles. The normalized spacial score (nSPS) is 20.0. The zero-order chi connectivity index (χ0) is 25.6. The summed E-state index contributed by atoms with van der Waals surface area (Å²) >= 11 is 0. The molecule has 0 radical (unpaired) electrons. The summed E-state index contributed by atoms with van der Waals surface area (Å²) < 4.78 is 11.6. The molecule has 36 heavy (non-hydrogen) atoms. The summed E-state index contributed by atoms with van der Waals surface area (Å²) in [6.45, 7) is 4.61. The third kappa shape index (κ3) is 3.85. The number of ether oxygens (including phenoxy) is 2. The molecule has 0 aliphatic carbocycles. The van der Waals surface area contributed by atoms with Gasteiger partial charge in [-0.3, -0.25) is 24.1 Å². The minimum absolute atomic E-state index is 0.00145. The van der Waals surface area contributed by atoms with Gasteiger partial charge in [0, 0.05) is 25.9 Å². The third-order valence-electron chi connectivity index (χ3n) is 7.82. The number of carbonyl (C=O) groups is 4. The van der Waals surface area contributed by atoms with Crippen LogP contribution < -0.4 is 9.47 Å². The molecule has 8 nitrogen and oxygen atoms in total. The van der Waals surface area contributed by atoms with E-state index >= 15 is 0 Å². The first-order chi connectivity index (χ1) is 17.3. The number of benzene rings is 2. The van der Waals surface area contributed by atoms with Crippen molar-refractivity contribution in [1.29, 1.82) is 0 Å². The molecule has 2 aromatic rings. The Morgan fingerprint density at radius 3 is 2.25 bits per heavy atom. The summed E-state index contributed by atoms with van der Waals surface area (Å²) in [5.41, 5.74) is 0.522. The van der Waals surface area contributed by atoms with Gasteiger partial charge in [0.1, 0.15) is 23.1 Å². The number of rotatable bonds is 5. The summed E-state index contributed by atoms with van der Waals surface area (Å²) in [6.07, 6.45) is 1.86. The van der Waals surface area contributed by atoms with Crippen LogP contribution in [0.4, 0.5) is 0 Å². The molecule has 0 bridgehead atoms. The Bertz CT molecular complexity index is 1210. The lowest BCUT2D eigenvalue weighted by Gasteiger charge is -2.45. The van der Waals surface area contributed by atoms with Crippen molar-refractivity contribution in [3.63, 3.8) is 0 Å². The largest absolute Gasteiger partial charge is 0.497 e. The Hall–Kier alpha value is -3.68. The van der Waals surface area contributed by atoms with Gasteiger partial charge < -0.3 is 14.4 Å². The lowest BCUT2D eigenvalue weighted by Crippen LogP contribution is -2.58. The van der Waals surface area contributed by atoms with Gasteiger partial charge in [0.2, 0.25) is 5.91 Å². The lowest BCUT2D eigenvalue weighted by molar-refractivity contribution is -0.140. The molecule has 1 spiro atoms. The first kappa shape index (κ1) is 24.0. The van der Waals surface area contributed by atoms with E-state index in [1.807, 2.05) is 13.8 Å². The second-order valence-corrected chi connectivity index (χ2v) is 9.93. The maximum Gasteiger partial charge on any atom is 0.262 e. The molecule has 2 atom stereocenters. The number of piperidine rings is 1. The standard InChI is InChI=1S/C28H30N2O6/c1-4-17(2)24(30-25(32)19-7-5-6-8-20(19)26(30)33)27(34)29-13-11-28(12-14-29)16-22(31)21-15-18(35-3)9-10-23(21)36-28/h5-10,15,17,24H,4,11-14,16H2,1-3H3. The van der Waals surface area contributed by atoms with Gasteiger partial charge in [-0.2, -0.15) is 0 Å². The molecule has 0 saturated carbocycles. The molecule has 3 amide bonds. The number of imide groups is 1. The number of carbonyl (C=O) groups excluding carboxylic acids is 4. The minimum atomic E-state index is -0.876. The molecule has 188 valence electrons. The summed E-state index contributed by atoms with van der Waals surface area (Å²) in [5.74, 6) is -0.141.